The number of nitrogens with zero attached hydrogens (tertiary/aromatic N) is 2. The van der Waals surface area contributed by atoms with Gasteiger partial charge in [-0.3, -0.25) is 9.20 Å². The predicted octanol–water partition coefficient (Wildman–Crippen LogP) is 4.00. The number of aromatic nitrogens is 2. The lowest BCUT2D eigenvalue weighted by Crippen LogP contribution is -2.30. The van der Waals surface area contributed by atoms with Crippen LogP contribution in [-0.2, 0) is 10.0 Å². The van der Waals surface area contributed by atoms with Crippen LogP contribution < -0.4 is 10.0 Å². The Morgan fingerprint density at radius 1 is 1.10 bits per heavy atom. The Kier molecular flexibility index (Phi) is 5.42. The van der Waals surface area contributed by atoms with Crippen molar-refractivity contribution < 1.29 is 13.2 Å². The number of thiazole rings is 1. The summed E-state index contributed by atoms with van der Waals surface area (Å²) in [6, 6.07) is 15.3. The summed E-state index contributed by atoms with van der Waals surface area (Å²) in [6.45, 7) is 3.48. The summed E-state index contributed by atoms with van der Waals surface area (Å²) in [4.78, 5) is 18.4. The average molecular weight is 441 g/mol. The molecule has 2 N–H and O–H groups in total. The zero-order valence-corrected chi connectivity index (χ0v) is 18.0. The molecule has 7 nitrogen and oxygen atoms in total. The first-order valence-electron chi connectivity index (χ1n) is 9.30. The minimum Gasteiger partial charge on any atom is -0.306 e. The largest absolute Gasteiger partial charge is 0.306 e. The first-order chi connectivity index (χ1) is 14.3. The number of carbonyl (C=O) groups is 1. The molecule has 4 rings (SSSR count). The third-order valence-corrected chi connectivity index (χ3v) is 6.75. The molecule has 9 heteroatoms. The molecule has 30 heavy (non-hydrogen) atoms. The average Bonchev–Trinajstić information content (AvgIpc) is 3.30. The fourth-order valence-electron chi connectivity index (χ4n) is 3.07. The summed E-state index contributed by atoms with van der Waals surface area (Å²) < 4.78 is 29.3. The second-order valence-corrected chi connectivity index (χ2v) is 9.58. The molecule has 0 fully saturated rings. The topological polar surface area (TPSA) is 92.6 Å². The molecule has 2 aromatic heterocycles. The van der Waals surface area contributed by atoms with Crippen LogP contribution in [0.1, 0.15) is 24.2 Å². The zero-order valence-electron chi connectivity index (χ0n) is 16.4. The highest BCUT2D eigenvalue weighted by molar-refractivity contribution is 7.89. The van der Waals surface area contributed by atoms with Crippen molar-refractivity contribution in [2.45, 2.75) is 24.8 Å². The van der Waals surface area contributed by atoms with Gasteiger partial charge in [0.25, 0.3) is 5.91 Å². The molecular formula is C21H20N4O3S2. The van der Waals surface area contributed by atoms with E-state index in [1.54, 1.807) is 26.0 Å². The molecule has 2 aromatic carbocycles. The highest BCUT2D eigenvalue weighted by atomic mass is 32.2. The summed E-state index contributed by atoms with van der Waals surface area (Å²) >= 11 is 1.46. The van der Waals surface area contributed by atoms with E-state index in [-0.39, 0.29) is 16.5 Å². The van der Waals surface area contributed by atoms with Crippen LogP contribution in [0.5, 0.6) is 0 Å². The maximum absolute atomic E-state index is 13.0. The number of rotatable bonds is 6. The van der Waals surface area contributed by atoms with E-state index in [0.717, 1.165) is 10.5 Å². The SMILES string of the molecule is CC(C)NS(=O)(=O)c1cccc(C(=O)Nc2c(-c3ccccc3)nc3sccn23)c1. The molecule has 0 unspecified atom stereocenters. The van der Waals surface area contributed by atoms with Gasteiger partial charge in [-0.15, -0.1) is 11.3 Å². The molecule has 0 atom stereocenters. The number of fused-ring (bicyclic) bond motifs is 1. The van der Waals surface area contributed by atoms with E-state index in [2.05, 4.69) is 15.0 Å². The van der Waals surface area contributed by atoms with Crippen LogP contribution in [0.2, 0.25) is 0 Å². The lowest BCUT2D eigenvalue weighted by Gasteiger charge is -2.11. The van der Waals surface area contributed by atoms with Gasteiger partial charge in [0.15, 0.2) is 4.96 Å². The van der Waals surface area contributed by atoms with E-state index in [1.165, 1.54) is 23.5 Å². The van der Waals surface area contributed by atoms with Crippen molar-refractivity contribution in [3.63, 3.8) is 0 Å². The molecule has 0 aliphatic carbocycles. The number of carbonyl (C=O) groups excluding carboxylic acids is 1. The number of imidazole rings is 1. The number of benzene rings is 2. The van der Waals surface area contributed by atoms with Gasteiger partial charge in [-0.1, -0.05) is 36.4 Å². The van der Waals surface area contributed by atoms with Gasteiger partial charge >= 0.3 is 0 Å². The molecule has 0 saturated carbocycles. The van der Waals surface area contributed by atoms with Gasteiger partial charge in [-0.25, -0.2) is 18.1 Å². The number of sulfonamides is 1. The van der Waals surface area contributed by atoms with E-state index in [9.17, 15) is 13.2 Å². The molecule has 0 spiro atoms. The van der Waals surface area contributed by atoms with Crippen molar-refractivity contribution in [1.29, 1.82) is 0 Å². The third-order valence-electron chi connectivity index (χ3n) is 4.34. The monoisotopic (exact) mass is 440 g/mol. The summed E-state index contributed by atoms with van der Waals surface area (Å²) in [6.07, 6.45) is 1.84. The van der Waals surface area contributed by atoms with Gasteiger partial charge in [0.1, 0.15) is 11.5 Å². The van der Waals surface area contributed by atoms with E-state index < -0.39 is 15.9 Å². The smallest absolute Gasteiger partial charge is 0.256 e. The third kappa shape index (κ3) is 4.00. The molecule has 0 saturated heterocycles. The maximum atomic E-state index is 13.0. The molecule has 1 amide bonds. The van der Waals surface area contributed by atoms with Crippen molar-refractivity contribution in [2.24, 2.45) is 0 Å². The molecule has 0 radical (unpaired) electrons. The number of nitrogens with one attached hydrogen (secondary N) is 2. The van der Waals surface area contributed by atoms with Crippen molar-refractivity contribution in [3.8, 4) is 11.3 Å². The summed E-state index contributed by atoms with van der Waals surface area (Å²) in [5.41, 5.74) is 1.77. The van der Waals surface area contributed by atoms with Gasteiger partial charge in [0.2, 0.25) is 10.0 Å². The second-order valence-electron chi connectivity index (χ2n) is 6.99. The van der Waals surface area contributed by atoms with E-state index in [4.69, 9.17) is 0 Å². The van der Waals surface area contributed by atoms with Crippen LogP contribution in [0.3, 0.4) is 0 Å². The minimum absolute atomic E-state index is 0.0427. The number of hydrogen-bond donors (Lipinski definition) is 2. The van der Waals surface area contributed by atoms with Crippen LogP contribution in [0.4, 0.5) is 5.82 Å². The Morgan fingerprint density at radius 2 is 1.87 bits per heavy atom. The molecule has 154 valence electrons. The van der Waals surface area contributed by atoms with Crippen LogP contribution in [-0.4, -0.2) is 29.8 Å². The fourth-order valence-corrected chi connectivity index (χ4v) is 5.08. The highest BCUT2D eigenvalue weighted by Gasteiger charge is 2.20. The number of hydrogen-bond acceptors (Lipinski definition) is 5. The second kappa shape index (κ2) is 8.02. The highest BCUT2D eigenvalue weighted by Crippen LogP contribution is 2.31. The molecule has 0 bridgehead atoms. The van der Waals surface area contributed by atoms with Crippen LogP contribution in [0, 0.1) is 0 Å². The predicted molar refractivity (Wildman–Crippen MR) is 118 cm³/mol. The summed E-state index contributed by atoms with van der Waals surface area (Å²) in [5, 5.41) is 4.79. The molecule has 2 heterocycles. The molecule has 0 aliphatic heterocycles. The van der Waals surface area contributed by atoms with Crippen molar-refractivity contribution in [3.05, 3.63) is 71.7 Å². The first-order valence-corrected chi connectivity index (χ1v) is 11.7. The first kappa shape index (κ1) is 20.3. The zero-order chi connectivity index (χ0) is 21.3. The summed E-state index contributed by atoms with van der Waals surface area (Å²) in [7, 11) is -3.70. The number of anilines is 1. The van der Waals surface area contributed by atoms with Gasteiger partial charge < -0.3 is 5.32 Å². The fraction of sp³-hybridized carbons (Fsp3) is 0.143. The van der Waals surface area contributed by atoms with E-state index in [0.29, 0.717) is 11.5 Å². The normalized spacial score (nSPS) is 11.8. The minimum atomic E-state index is -3.70. The Morgan fingerprint density at radius 3 is 2.60 bits per heavy atom. The van der Waals surface area contributed by atoms with Crippen molar-refractivity contribution in [1.82, 2.24) is 14.1 Å². The lowest BCUT2D eigenvalue weighted by atomic mass is 10.1. The standard InChI is InChI=1S/C21H20N4O3S2/c1-14(2)24-30(27,28)17-10-6-9-16(13-17)20(26)23-19-18(15-7-4-3-5-8-15)22-21-25(19)11-12-29-21/h3-14,24H,1-2H3,(H,23,26). The Balaban J connectivity index is 1.69. The van der Waals surface area contributed by atoms with Crippen LogP contribution in [0.25, 0.3) is 16.2 Å². The maximum Gasteiger partial charge on any atom is 0.256 e. The lowest BCUT2D eigenvalue weighted by molar-refractivity contribution is 0.102. The van der Waals surface area contributed by atoms with E-state index >= 15 is 0 Å². The number of amides is 1. The van der Waals surface area contributed by atoms with Gasteiger partial charge in [0.05, 0.1) is 4.90 Å². The molecular weight excluding hydrogens is 420 g/mol. The Bertz CT molecular complexity index is 1310. The quantitative estimate of drug-likeness (QED) is 0.474. The Labute approximate surface area is 178 Å². The van der Waals surface area contributed by atoms with Crippen LogP contribution >= 0.6 is 11.3 Å². The van der Waals surface area contributed by atoms with Crippen molar-refractivity contribution >= 4 is 38.0 Å². The van der Waals surface area contributed by atoms with Crippen molar-refractivity contribution in [2.75, 3.05) is 5.32 Å². The summed E-state index contributed by atoms with van der Waals surface area (Å²) in [5.74, 6) is 0.123. The molecule has 4 aromatic rings. The van der Waals surface area contributed by atoms with E-state index in [1.807, 2.05) is 46.3 Å². The van der Waals surface area contributed by atoms with Gasteiger partial charge in [0, 0.05) is 28.7 Å². The molecule has 0 aliphatic rings. The van der Waals surface area contributed by atoms with Crippen LogP contribution in [0.15, 0.2) is 71.1 Å². The van der Waals surface area contributed by atoms with Gasteiger partial charge in [-0.2, -0.15) is 0 Å². The van der Waals surface area contributed by atoms with Gasteiger partial charge in [-0.05, 0) is 32.0 Å². The Hall–Kier alpha value is -3.01.